The molecule has 0 spiro atoms. The standard InChI is InChI=1S/C13H16FNO/c14-13-9-12(6-5-11(13)10-16)15-7-3-1-2-4-8-15/h5-6,9-10H,1-4,7-8H2. The summed E-state index contributed by atoms with van der Waals surface area (Å²) >= 11 is 0. The fourth-order valence-corrected chi connectivity index (χ4v) is 2.14. The molecule has 16 heavy (non-hydrogen) atoms. The fourth-order valence-electron chi connectivity index (χ4n) is 2.14. The Morgan fingerprint density at radius 1 is 1.12 bits per heavy atom. The second-order valence-electron chi connectivity index (χ2n) is 4.22. The molecule has 0 bridgehead atoms. The molecule has 0 saturated carbocycles. The molecule has 0 atom stereocenters. The van der Waals surface area contributed by atoms with Crippen LogP contribution in [0.25, 0.3) is 0 Å². The summed E-state index contributed by atoms with van der Waals surface area (Å²) in [5.74, 6) is -0.420. The third kappa shape index (κ3) is 2.40. The minimum Gasteiger partial charge on any atom is -0.371 e. The Balaban J connectivity index is 2.19. The van der Waals surface area contributed by atoms with E-state index in [4.69, 9.17) is 0 Å². The van der Waals surface area contributed by atoms with Crippen LogP contribution in [0.2, 0.25) is 0 Å². The first-order valence-electron chi connectivity index (χ1n) is 5.81. The van der Waals surface area contributed by atoms with Gasteiger partial charge >= 0.3 is 0 Å². The zero-order chi connectivity index (χ0) is 11.4. The SMILES string of the molecule is O=Cc1ccc(N2CCCCCC2)cc1F. The molecule has 0 unspecified atom stereocenters. The number of rotatable bonds is 2. The van der Waals surface area contributed by atoms with Crippen molar-refractivity contribution in [3.63, 3.8) is 0 Å². The van der Waals surface area contributed by atoms with Crippen molar-refractivity contribution in [1.29, 1.82) is 0 Å². The first kappa shape index (κ1) is 11.1. The van der Waals surface area contributed by atoms with Gasteiger partial charge in [0.2, 0.25) is 0 Å². The number of nitrogens with zero attached hydrogens (tertiary/aromatic N) is 1. The van der Waals surface area contributed by atoms with E-state index in [9.17, 15) is 9.18 Å². The van der Waals surface area contributed by atoms with Gasteiger partial charge in [-0.1, -0.05) is 12.8 Å². The second-order valence-corrected chi connectivity index (χ2v) is 4.22. The van der Waals surface area contributed by atoms with E-state index in [2.05, 4.69) is 4.90 Å². The molecule has 1 aliphatic rings. The maximum Gasteiger partial charge on any atom is 0.152 e. The van der Waals surface area contributed by atoms with Gasteiger partial charge < -0.3 is 4.90 Å². The van der Waals surface area contributed by atoms with Gasteiger partial charge in [0.15, 0.2) is 6.29 Å². The van der Waals surface area contributed by atoms with Gasteiger partial charge in [-0.25, -0.2) is 4.39 Å². The van der Waals surface area contributed by atoms with E-state index in [1.54, 1.807) is 6.07 Å². The van der Waals surface area contributed by atoms with Crippen LogP contribution in [0.3, 0.4) is 0 Å². The predicted molar refractivity (Wildman–Crippen MR) is 62.5 cm³/mol. The lowest BCUT2D eigenvalue weighted by Crippen LogP contribution is -2.23. The number of anilines is 1. The summed E-state index contributed by atoms with van der Waals surface area (Å²) in [5, 5.41) is 0. The highest BCUT2D eigenvalue weighted by atomic mass is 19.1. The average Bonchev–Trinajstić information content (AvgIpc) is 2.57. The van der Waals surface area contributed by atoms with Crippen LogP contribution in [0.5, 0.6) is 0 Å². The molecule has 0 aromatic heterocycles. The molecule has 1 heterocycles. The number of carbonyl (C=O) groups excluding carboxylic acids is 1. The van der Waals surface area contributed by atoms with Crippen LogP contribution >= 0.6 is 0 Å². The van der Waals surface area contributed by atoms with E-state index in [0.717, 1.165) is 31.6 Å². The van der Waals surface area contributed by atoms with E-state index < -0.39 is 5.82 Å². The Morgan fingerprint density at radius 3 is 2.38 bits per heavy atom. The maximum absolute atomic E-state index is 13.4. The van der Waals surface area contributed by atoms with Crippen molar-refractivity contribution in [2.45, 2.75) is 25.7 Å². The van der Waals surface area contributed by atoms with E-state index in [1.807, 2.05) is 6.07 Å². The van der Waals surface area contributed by atoms with Crippen molar-refractivity contribution in [3.05, 3.63) is 29.6 Å². The number of carbonyl (C=O) groups is 1. The lowest BCUT2D eigenvalue weighted by atomic mass is 10.2. The van der Waals surface area contributed by atoms with E-state index in [-0.39, 0.29) is 5.56 Å². The largest absolute Gasteiger partial charge is 0.371 e. The molecule has 3 heteroatoms. The van der Waals surface area contributed by atoms with Crippen LogP contribution in [0.15, 0.2) is 18.2 Å². The summed E-state index contributed by atoms with van der Waals surface area (Å²) in [4.78, 5) is 12.7. The smallest absolute Gasteiger partial charge is 0.152 e. The molecule has 1 aromatic rings. The molecule has 2 nitrogen and oxygen atoms in total. The number of hydrogen-bond donors (Lipinski definition) is 0. The summed E-state index contributed by atoms with van der Waals surface area (Å²) in [6.07, 6.45) is 5.40. The monoisotopic (exact) mass is 221 g/mol. The summed E-state index contributed by atoms with van der Waals surface area (Å²) in [5.41, 5.74) is 1.03. The number of benzene rings is 1. The van der Waals surface area contributed by atoms with Crippen molar-refractivity contribution in [1.82, 2.24) is 0 Å². The highest BCUT2D eigenvalue weighted by molar-refractivity contribution is 5.76. The second kappa shape index (κ2) is 5.10. The zero-order valence-corrected chi connectivity index (χ0v) is 9.29. The van der Waals surface area contributed by atoms with Crippen molar-refractivity contribution >= 4 is 12.0 Å². The van der Waals surface area contributed by atoms with Gasteiger partial charge in [0.05, 0.1) is 5.56 Å². The van der Waals surface area contributed by atoms with Gasteiger partial charge in [0.25, 0.3) is 0 Å². The number of aldehydes is 1. The molecule has 0 N–H and O–H groups in total. The third-order valence-corrected chi connectivity index (χ3v) is 3.08. The van der Waals surface area contributed by atoms with Crippen molar-refractivity contribution in [2.75, 3.05) is 18.0 Å². The van der Waals surface area contributed by atoms with Crippen LogP contribution in [0.1, 0.15) is 36.0 Å². The summed E-state index contributed by atoms with van der Waals surface area (Å²) in [7, 11) is 0. The third-order valence-electron chi connectivity index (χ3n) is 3.08. The van der Waals surface area contributed by atoms with Crippen LogP contribution < -0.4 is 4.90 Å². The summed E-state index contributed by atoms with van der Waals surface area (Å²) < 4.78 is 13.4. The molecule has 0 aliphatic carbocycles. The Kier molecular flexibility index (Phi) is 3.54. The highest BCUT2D eigenvalue weighted by Gasteiger charge is 2.11. The van der Waals surface area contributed by atoms with E-state index in [1.165, 1.54) is 18.9 Å². The topological polar surface area (TPSA) is 20.3 Å². The van der Waals surface area contributed by atoms with Gasteiger partial charge in [-0.2, -0.15) is 0 Å². The molecule has 1 aromatic carbocycles. The van der Waals surface area contributed by atoms with Crippen molar-refractivity contribution < 1.29 is 9.18 Å². The van der Waals surface area contributed by atoms with Crippen LogP contribution in [0.4, 0.5) is 10.1 Å². The maximum atomic E-state index is 13.4. The van der Waals surface area contributed by atoms with Crippen molar-refractivity contribution in [3.8, 4) is 0 Å². The van der Waals surface area contributed by atoms with E-state index >= 15 is 0 Å². The zero-order valence-electron chi connectivity index (χ0n) is 9.29. The Hall–Kier alpha value is -1.38. The number of halogens is 1. The summed E-state index contributed by atoms with van der Waals surface area (Å²) in [6.45, 7) is 1.97. The normalized spacial score (nSPS) is 16.9. The quantitative estimate of drug-likeness (QED) is 0.715. The Bertz CT molecular complexity index is 370. The molecule has 0 radical (unpaired) electrons. The predicted octanol–water partition coefficient (Wildman–Crippen LogP) is 3.02. The molecular formula is C13H16FNO. The van der Waals surface area contributed by atoms with Crippen molar-refractivity contribution in [2.24, 2.45) is 0 Å². The first-order chi connectivity index (χ1) is 7.81. The van der Waals surface area contributed by atoms with Crippen LogP contribution in [0, 0.1) is 5.82 Å². The first-order valence-corrected chi connectivity index (χ1v) is 5.81. The minimum atomic E-state index is -0.420. The minimum absolute atomic E-state index is 0.138. The number of hydrogen-bond acceptors (Lipinski definition) is 2. The van der Waals surface area contributed by atoms with Crippen LogP contribution in [-0.2, 0) is 0 Å². The van der Waals surface area contributed by atoms with Gasteiger partial charge in [0.1, 0.15) is 5.82 Å². The van der Waals surface area contributed by atoms with E-state index in [0.29, 0.717) is 6.29 Å². The van der Waals surface area contributed by atoms with Gasteiger partial charge in [0, 0.05) is 18.8 Å². The molecule has 2 rings (SSSR count). The molecule has 1 aliphatic heterocycles. The molecule has 1 saturated heterocycles. The lowest BCUT2D eigenvalue weighted by molar-refractivity contribution is 0.112. The fraction of sp³-hybridized carbons (Fsp3) is 0.462. The Morgan fingerprint density at radius 2 is 1.81 bits per heavy atom. The van der Waals surface area contributed by atoms with Crippen LogP contribution in [-0.4, -0.2) is 19.4 Å². The van der Waals surface area contributed by atoms with Gasteiger partial charge in [-0.15, -0.1) is 0 Å². The molecular weight excluding hydrogens is 205 g/mol. The molecule has 0 amide bonds. The summed E-state index contributed by atoms with van der Waals surface area (Å²) in [6, 6.07) is 4.86. The highest BCUT2D eigenvalue weighted by Crippen LogP contribution is 2.21. The van der Waals surface area contributed by atoms with Gasteiger partial charge in [-0.05, 0) is 31.0 Å². The molecule has 86 valence electrons. The Labute approximate surface area is 95.1 Å². The lowest BCUT2D eigenvalue weighted by Gasteiger charge is -2.22. The average molecular weight is 221 g/mol. The van der Waals surface area contributed by atoms with Gasteiger partial charge in [-0.3, -0.25) is 4.79 Å². The molecule has 1 fully saturated rings.